The van der Waals surface area contributed by atoms with Gasteiger partial charge >= 0.3 is 0 Å². The molecule has 4 saturated carbocycles. The van der Waals surface area contributed by atoms with Crippen molar-refractivity contribution < 1.29 is 9.53 Å². The first-order valence-corrected chi connectivity index (χ1v) is 16.6. The average molecular weight is 473 g/mol. The normalized spacial score (nSPS) is 29.2. The van der Waals surface area contributed by atoms with E-state index >= 15 is 0 Å². The van der Waals surface area contributed by atoms with Crippen molar-refractivity contribution in [1.29, 1.82) is 0 Å². The number of halogens is 1. The maximum absolute atomic E-state index is 13.0. The van der Waals surface area contributed by atoms with Crippen molar-refractivity contribution in [2.45, 2.75) is 77.4 Å². The number of benzene rings is 1. The Kier molecular flexibility index (Phi) is 6.28. The largest absolute Gasteiger partial charge is 0.361 e. The first kappa shape index (κ1) is 22.6. The Morgan fingerprint density at radius 3 is 2.47 bits per heavy atom. The quantitative estimate of drug-likeness (QED) is 0.306. The topological polar surface area (TPSA) is 44.1 Å². The molecule has 0 aliphatic heterocycles. The summed E-state index contributed by atoms with van der Waals surface area (Å²) in [5, 5.41) is 0.449. The van der Waals surface area contributed by atoms with E-state index in [4.69, 9.17) is 16.3 Å². The number of imidazole rings is 1. The van der Waals surface area contributed by atoms with Crippen LogP contribution in [-0.4, -0.2) is 30.0 Å². The van der Waals surface area contributed by atoms with Crippen molar-refractivity contribution in [3.63, 3.8) is 0 Å². The summed E-state index contributed by atoms with van der Waals surface area (Å²) in [6.07, 6.45) is 8.27. The third-order valence-electron chi connectivity index (χ3n) is 8.27. The summed E-state index contributed by atoms with van der Waals surface area (Å²) < 4.78 is 7.81. The Hall–Kier alpha value is -1.17. The minimum atomic E-state index is -1.11. The molecule has 1 aromatic heterocycles. The SMILES string of the molecule is C[Si](C)(C)CCOCn1c(Cl)nc2cc(CC(=O)CC3C4CC5CC(C4)CC3C5)ccc21. The molecule has 0 N–H and O–H groups in total. The van der Waals surface area contributed by atoms with Crippen molar-refractivity contribution in [3.8, 4) is 0 Å². The molecule has 0 amide bonds. The van der Waals surface area contributed by atoms with Gasteiger partial charge in [0.2, 0.25) is 5.28 Å². The Morgan fingerprint density at radius 2 is 1.81 bits per heavy atom. The fraction of sp³-hybridized carbons (Fsp3) is 0.692. The van der Waals surface area contributed by atoms with Crippen LogP contribution in [-0.2, 0) is 22.7 Å². The lowest BCUT2D eigenvalue weighted by molar-refractivity contribution is -0.123. The Bertz CT molecular complexity index is 968. The standard InChI is InChI=1S/C26H37ClN2O2Si/c1-32(2,3)7-6-31-16-29-25-5-4-17(14-24(25)28-26(29)27)13-22(30)15-23-20-9-18-8-19(11-20)12-21(23)10-18/h4-5,14,18-21,23H,6-13,15-16H2,1-3H3. The van der Waals surface area contributed by atoms with Crippen LogP contribution in [0.4, 0.5) is 0 Å². The number of ether oxygens (including phenoxy) is 1. The highest BCUT2D eigenvalue weighted by molar-refractivity contribution is 6.76. The van der Waals surface area contributed by atoms with Crippen LogP contribution in [0, 0.1) is 29.6 Å². The van der Waals surface area contributed by atoms with E-state index in [0.29, 0.717) is 30.1 Å². The minimum Gasteiger partial charge on any atom is -0.361 e. The van der Waals surface area contributed by atoms with Crippen LogP contribution < -0.4 is 0 Å². The van der Waals surface area contributed by atoms with Gasteiger partial charge in [-0.2, -0.15) is 0 Å². The molecule has 0 unspecified atom stereocenters. The molecule has 174 valence electrons. The number of carbonyl (C=O) groups is 1. The van der Waals surface area contributed by atoms with Crippen LogP contribution in [0.5, 0.6) is 0 Å². The van der Waals surface area contributed by atoms with Gasteiger partial charge in [0.05, 0.1) is 11.0 Å². The zero-order valence-electron chi connectivity index (χ0n) is 19.8. The smallest absolute Gasteiger partial charge is 0.205 e. The molecule has 4 aliphatic carbocycles. The van der Waals surface area contributed by atoms with Crippen molar-refractivity contribution in [1.82, 2.24) is 9.55 Å². The van der Waals surface area contributed by atoms with Crippen molar-refractivity contribution in [2.75, 3.05) is 6.61 Å². The lowest BCUT2D eigenvalue weighted by Crippen LogP contribution is -2.45. The fourth-order valence-corrected chi connectivity index (χ4v) is 7.83. The second-order valence-corrected chi connectivity index (χ2v) is 18.0. The van der Waals surface area contributed by atoms with Gasteiger partial charge in [-0.25, -0.2) is 4.98 Å². The molecule has 4 aliphatic rings. The van der Waals surface area contributed by atoms with Gasteiger partial charge in [0, 0.05) is 27.5 Å². The van der Waals surface area contributed by atoms with Gasteiger partial charge in [-0.3, -0.25) is 9.36 Å². The Morgan fingerprint density at radius 1 is 1.12 bits per heavy atom. The third-order valence-corrected chi connectivity index (χ3v) is 10.3. The highest BCUT2D eigenvalue weighted by Crippen LogP contribution is 2.57. The van der Waals surface area contributed by atoms with E-state index in [2.05, 4.69) is 30.7 Å². The number of carbonyl (C=O) groups excluding carboxylic acids is 1. The highest BCUT2D eigenvalue weighted by Gasteiger charge is 2.48. The van der Waals surface area contributed by atoms with E-state index in [9.17, 15) is 4.79 Å². The van der Waals surface area contributed by atoms with E-state index in [1.165, 1.54) is 32.1 Å². The monoisotopic (exact) mass is 472 g/mol. The first-order chi connectivity index (χ1) is 15.2. The van der Waals surface area contributed by atoms with E-state index in [1.807, 2.05) is 16.7 Å². The average Bonchev–Trinajstić information content (AvgIpc) is 3.01. The highest BCUT2D eigenvalue weighted by atomic mass is 35.5. The van der Waals surface area contributed by atoms with Crippen molar-refractivity contribution in [3.05, 3.63) is 29.0 Å². The van der Waals surface area contributed by atoms with Gasteiger partial charge in [0.15, 0.2) is 0 Å². The first-order valence-electron chi connectivity index (χ1n) is 12.5. The van der Waals surface area contributed by atoms with Crippen molar-refractivity contribution >= 4 is 36.5 Å². The molecule has 0 radical (unpaired) electrons. The van der Waals surface area contributed by atoms with Gasteiger partial charge in [0.25, 0.3) is 0 Å². The van der Waals surface area contributed by atoms with Crippen LogP contribution in [0.2, 0.25) is 31.0 Å². The number of fused-ring (bicyclic) bond motifs is 1. The number of hydrogen-bond acceptors (Lipinski definition) is 3. The molecule has 6 heteroatoms. The van der Waals surface area contributed by atoms with E-state index in [0.717, 1.165) is 59.3 Å². The number of aromatic nitrogens is 2. The molecule has 4 nitrogen and oxygen atoms in total. The van der Waals surface area contributed by atoms with Gasteiger partial charge in [-0.05, 0) is 97.0 Å². The summed E-state index contributed by atoms with van der Waals surface area (Å²) in [5.74, 6) is 4.58. The van der Waals surface area contributed by atoms with E-state index < -0.39 is 8.07 Å². The number of rotatable bonds is 9. The lowest BCUT2D eigenvalue weighted by atomic mass is 9.51. The van der Waals surface area contributed by atoms with Crippen LogP contribution in [0.15, 0.2) is 18.2 Å². The summed E-state index contributed by atoms with van der Waals surface area (Å²) in [7, 11) is -1.11. The molecule has 0 atom stereocenters. The molecule has 4 fully saturated rings. The van der Waals surface area contributed by atoms with Gasteiger partial charge in [-0.1, -0.05) is 25.7 Å². The van der Waals surface area contributed by atoms with Crippen LogP contribution in [0.25, 0.3) is 11.0 Å². The zero-order chi connectivity index (χ0) is 22.5. The third kappa shape index (κ3) is 4.85. The van der Waals surface area contributed by atoms with Gasteiger partial charge in [-0.15, -0.1) is 0 Å². The Balaban J connectivity index is 1.20. The maximum atomic E-state index is 13.0. The molecule has 1 heterocycles. The van der Waals surface area contributed by atoms with Crippen LogP contribution in [0.1, 0.15) is 44.1 Å². The number of nitrogens with zero attached hydrogens (tertiary/aromatic N) is 2. The number of hydrogen-bond donors (Lipinski definition) is 0. The second-order valence-electron chi connectivity index (χ2n) is 12.0. The summed E-state index contributed by atoms with van der Waals surface area (Å²) >= 11 is 6.41. The predicted molar refractivity (Wildman–Crippen MR) is 133 cm³/mol. The molecule has 32 heavy (non-hydrogen) atoms. The number of ketones is 1. The van der Waals surface area contributed by atoms with E-state index in [1.54, 1.807) is 0 Å². The molecular weight excluding hydrogens is 436 g/mol. The summed E-state index contributed by atoms with van der Waals surface area (Å²) in [6, 6.07) is 7.28. The van der Waals surface area contributed by atoms with Crippen LogP contribution in [0.3, 0.4) is 0 Å². The van der Waals surface area contributed by atoms with Gasteiger partial charge < -0.3 is 4.74 Å². The number of Topliss-reactive ketones (excluding diaryl/α,β-unsaturated/α-hetero) is 1. The summed E-state index contributed by atoms with van der Waals surface area (Å²) in [4.78, 5) is 17.5. The predicted octanol–water partition coefficient (Wildman–Crippen LogP) is 6.58. The molecule has 0 saturated heterocycles. The second kappa shape index (κ2) is 8.88. The fourth-order valence-electron chi connectivity index (χ4n) is 6.85. The molecule has 4 bridgehead atoms. The molecular formula is C26H37ClN2O2Si. The molecule has 6 rings (SSSR count). The Labute approximate surface area is 198 Å². The van der Waals surface area contributed by atoms with E-state index in [-0.39, 0.29) is 0 Å². The molecule has 2 aromatic rings. The molecule has 1 aromatic carbocycles. The molecule has 0 spiro atoms. The van der Waals surface area contributed by atoms with Gasteiger partial charge in [0.1, 0.15) is 12.5 Å². The minimum absolute atomic E-state index is 0.391. The summed E-state index contributed by atoms with van der Waals surface area (Å²) in [5.41, 5.74) is 2.87. The maximum Gasteiger partial charge on any atom is 0.205 e. The van der Waals surface area contributed by atoms with Crippen LogP contribution >= 0.6 is 11.6 Å². The zero-order valence-corrected chi connectivity index (χ0v) is 21.5. The summed E-state index contributed by atoms with van der Waals surface area (Å²) in [6.45, 7) is 8.22. The lowest BCUT2D eigenvalue weighted by Gasteiger charge is -2.54. The van der Waals surface area contributed by atoms with Crippen molar-refractivity contribution in [2.24, 2.45) is 29.6 Å².